The minimum atomic E-state index is -4.30. The highest BCUT2D eigenvalue weighted by Gasteiger charge is 2.40. The van der Waals surface area contributed by atoms with Gasteiger partial charge in [-0.3, -0.25) is 19.2 Å². The molecule has 4 aromatic rings. The fraction of sp³-hybridized carbons (Fsp3) is 0. The number of anilines is 2. The van der Waals surface area contributed by atoms with Crippen LogP contribution in [-0.4, -0.2) is 32.0 Å². The SMILES string of the molecule is O=C1c2ccc(S(=O)(=O)c3ccc4c(c3)C(=O)N(c3ccc(F)cc3)C4=O)cc2C(=O)N1c1ccc(F)cc1. The van der Waals surface area contributed by atoms with Gasteiger partial charge < -0.3 is 0 Å². The van der Waals surface area contributed by atoms with Crippen LogP contribution in [-0.2, 0) is 9.84 Å². The van der Waals surface area contributed by atoms with Gasteiger partial charge in [0.1, 0.15) is 11.6 Å². The van der Waals surface area contributed by atoms with Crippen LogP contribution in [0.15, 0.2) is 94.7 Å². The van der Waals surface area contributed by atoms with E-state index in [1.165, 1.54) is 48.5 Å². The molecule has 0 fully saturated rings. The largest absolute Gasteiger partial charge is 0.268 e. The molecule has 0 spiro atoms. The smallest absolute Gasteiger partial charge is 0.266 e. The third-order valence-corrected chi connectivity index (χ3v) is 8.26. The Bertz CT molecular complexity index is 1740. The van der Waals surface area contributed by atoms with Gasteiger partial charge >= 0.3 is 0 Å². The van der Waals surface area contributed by atoms with Gasteiger partial charge in [0.05, 0.1) is 43.4 Å². The van der Waals surface area contributed by atoms with Crippen molar-refractivity contribution in [1.29, 1.82) is 0 Å². The van der Waals surface area contributed by atoms with Crippen molar-refractivity contribution in [3.63, 3.8) is 0 Å². The normalized spacial score (nSPS) is 14.7. The zero-order chi connectivity index (χ0) is 27.6. The molecule has 2 aliphatic rings. The number of halogens is 2. The fourth-order valence-corrected chi connectivity index (χ4v) is 5.87. The van der Waals surface area contributed by atoms with Gasteiger partial charge in [0.2, 0.25) is 9.84 Å². The summed E-state index contributed by atoms with van der Waals surface area (Å²) in [5.74, 6) is -4.04. The number of carbonyl (C=O) groups is 4. The maximum atomic E-state index is 13.5. The first-order valence-corrected chi connectivity index (χ1v) is 12.9. The van der Waals surface area contributed by atoms with Crippen molar-refractivity contribution < 1.29 is 36.4 Å². The molecule has 192 valence electrons. The van der Waals surface area contributed by atoms with Gasteiger partial charge in [-0.15, -0.1) is 0 Å². The lowest BCUT2D eigenvalue weighted by Crippen LogP contribution is -2.29. The molecule has 0 unspecified atom stereocenters. The second-order valence-corrected chi connectivity index (χ2v) is 10.7. The number of rotatable bonds is 4. The van der Waals surface area contributed by atoms with Crippen LogP contribution in [0.5, 0.6) is 0 Å². The summed E-state index contributed by atoms with van der Waals surface area (Å²) in [5, 5.41) is 0. The highest BCUT2D eigenvalue weighted by molar-refractivity contribution is 7.91. The maximum absolute atomic E-state index is 13.5. The fourth-order valence-electron chi connectivity index (χ4n) is 4.56. The average Bonchev–Trinajstić information content (AvgIpc) is 3.33. The van der Waals surface area contributed by atoms with Crippen LogP contribution in [0.1, 0.15) is 41.4 Å². The van der Waals surface area contributed by atoms with Crippen molar-refractivity contribution in [1.82, 2.24) is 0 Å². The van der Waals surface area contributed by atoms with Gasteiger partial charge in [0, 0.05) is 0 Å². The van der Waals surface area contributed by atoms with E-state index in [4.69, 9.17) is 0 Å². The van der Waals surface area contributed by atoms with Gasteiger partial charge in [0.15, 0.2) is 0 Å². The molecule has 0 radical (unpaired) electrons. The predicted molar refractivity (Wildman–Crippen MR) is 133 cm³/mol. The summed E-state index contributed by atoms with van der Waals surface area (Å²) in [6, 6.07) is 16.3. The second kappa shape index (κ2) is 8.50. The zero-order valence-corrected chi connectivity index (χ0v) is 20.4. The predicted octanol–water partition coefficient (Wildman–Crippen LogP) is 4.40. The zero-order valence-electron chi connectivity index (χ0n) is 19.6. The summed E-state index contributed by atoms with van der Waals surface area (Å²) in [5.41, 5.74) is -0.0967. The molecule has 4 amide bonds. The first-order chi connectivity index (χ1) is 18.6. The third-order valence-electron chi connectivity index (χ3n) is 6.51. The molecule has 0 saturated heterocycles. The number of sulfone groups is 1. The van der Waals surface area contributed by atoms with Crippen molar-refractivity contribution in [3.05, 3.63) is 119 Å². The first-order valence-electron chi connectivity index (χ1n) is 11.4. The van der Waals surface area contributed by atoms with E-state index in [0.29, 0.717) is 0 Å². The number of imide groups is 2. The molecular weight excluding hydrogens is 530 g/mol. The summed E-state index contributed by atoms with van der Waals surface area (Å²) < 4.78 is 53.6. The molecule has 6 rings (SSSR count). The van der Waals surface area contributed by atoms with Crippen molar-refractivity contribution in [2.24, 2.45) is 0 Å². The Labute approximate surface area is 219 Å². The number of carbonyl (C=O) groups excluding carboxylic acids is 4. The molecule has 8 nitrogen and oxygen atoms in total. The summed E-state index contributed by atoms with van der Waals surface area (Å²) in [6.45, 7) is 0. The Morgan fingerprint density at radius 1 is 0.462 bits per heavy atom. The van der Waals surface area contributed by atoms with Gasteiger partial charge in [-0.25, -0.2) is 27.0 Å². The van der Waals surface area contributed by atoms with Gasteiger partial charge in [-0.1, -0.05) is 0 Å². The van der Waals surface area contributed by atoms with E-state index < -0.39 is 45.1 Å². The molecule has 4 aromatic carbocycles. The van der Waals surface area contributed by atoms with Crippen molar-refractivity contribution in [2.75, 3.05) is 9.80 Å². The molecule has 0 atom stereocenters. The van der Waals surface area contributed by atoms with E-state index in [1.807, 2.05) is 0 Å². The number of benzene rings is 4. The van der Waals surface area contributed by atoms with E-state index in [2.05, 4.69) is 0 Å². The molecule has 2 aliphatic heterocycles. The van der Waals surface area contributed by atoms with E-state index in [-0.39, 0.29) is 43.4 Å². The molecule has 2 heterocycles. The summed E-state index contributed by atoms with van der Waals surface area (Å²) in [6.07, 6.45) is 0. The lowest BCUT2D eigenvalue weighted by atomic mass is 10.1. The second-order valence-electron chi connectivity index (χ2n) is 8.76. The molecule has 0 saturated carbocycles. The van der Waals surface area contributed by atoms with Crippen LogP contribution in [0.2, 0.25) is 0 Å². The van der Waals surface area contributed by atoms with E-state index in [0.717, 1.165) is 46.2 Å². The number of hydrogen-bond acceptors (Lipinski definition) is 6. The van der Waals surface area contributed by atoms with Crippen LogP contribution < -0.4 is 9.80 Å². The lowest BCUT2D eigenvalue weighted by Gasteiger charge is -2.13. The summed E-state index contributed by atoms with van der Waals surface area (Å²) in [7, 11) is -4.30. The number of amides is 4. The molecule has 0 aromatic heterocycles. The van der Waals surface area contributed by atoms with Crippen LogP contribution in [0.3, 0.4) is 0 Å². The highest BCUT2D eigenvalue weighted by Crippen LogP contribution is 2.34. The monoisotopic (exact) mass is 544 g/mol. The molecule has 11 heteroatoms. The van der Waals surface area contributed by atoms with Crippen molar-refractivity contribution in [2.45, 2.75) is 9.79 Å². The molecular formula is C28H14F2N2O6S. The van der Waals surface area contributed by atoms with E-state index in [9.17, 15) is 36.4 Å². The Hall–Kier alpha value is -5.03. The van der Waals surface area contributed by atoms with Crippen molar-refractivity contribution in [3.8, 4) is 0 Å². The van der Waals surface area contributed by atoms with Crippen LogP contribution >= 0.6 is 0 Å². The topological polar surface area (TPSA) is 109 Å². The third kappa shape index (κ3) is 3.66. The van der Waals surface area contributed by atoms with Crippen LogP contribution in [0.25, 0.3) is 0 Å². The Kier molecular flexibility index (Phi) is 5.30. The van der Waals surface area contributed by atoms with Crippen LogP contribution in [0.4, 0.5) is 20.2 Å². The van der Waals surface area contributed by atoms with Gasteiger partial charge in [0.25, 0.3) is 23.6 Å². The Morgan fingerprint density at radius 2 is 0.795 bits per heavy atom. The summed E-state index contributed by atoms with van der Waals surface area (Å²) in [4.78, 5) is 52.8. The molecule has 0 N–H and O–H groups in total. The standard InChI is InChI=1S/C28H14F2N2O6S/c29-15-1-5-17(6-2-15)31-25(33)21-11-9-19(13-23(21)27(31)35)39(37,38)20-10-12-22-24(14-20)28(36)32(26(22)34)18-7-3-16(30)4-8-18/h1-14H. The maximum Gasteiger partial charge on any atom is 0.266 e. The average molecular weight is 544 g/mol. The van der Waals surface area contributed by atoms with Gasteiger partial charge in [-0.05, 0) is 84.9 Å². The summed E-state index contributed by atoms with van der Waals surface area (Å²) >= 11 is 0. The Balaban J connectivity index is 1.36. The highest BCUT2D eigenvalue weighted by atomic mass is 32.2. The molecule has 0 bridgehead atoms. The van der Waals surface area contributed by atoms with E-state index in [1.54, 1.807) is 0 Å². The number of fused-ring (bicyclic) bond motifs is 2. The minimum Gasteiger partial charge on any atom is -0.268 e. The molecule has 0 aliphatic carbocycles. The van der Waals surface area contributed by atoms with Crippen LogP contribution in [0, 0.1) is 11.6 Å². The van der Waals surface area contributed by atoms with E-state index >= 15 is 0 Å². The molecule has 39 heavy (non-hydrogen) atoms. The first kappa shape index (κ1) is 24.3. The lowest BCUT2D eigenvalue weighted by molar-refractivity contribution is 0.0910. The number of hydrogen-bond donors (Lipinski definition) is 0. The Morgan fingerprint density at radius 3 is 1.15 bits per heavy atom. The number of nitrogens with zero attached hydrogens (tertiary/aromatic N) is 2. The van der Waals surface area contributed by atoms with Crippen molar-refractivity contribution >= 4 is 44.8 Å². The minimum absolute atomic E-state index is 0.0204. The van der Waals surface area contributed by atoms with Gasteiger partial charge in [-0.2, -0.15) is 0 Å². The quantitative estimate of drug-likeness (QED) is 0.353.